The number of hydrogen-bond donors (Lipinski definition) is 2. The van der Waals surface area contributed by atoms with Gasteiger partial charge in [0.05, 0.1) is 19.8 Å². The van der Waals surface area contributed by atoms with Crippen molar-refractivity contribution in [2.75, 3.05) is 24.9 Å². The third-order valence-corrected chi connectivity index (χ3v) is 6.20. The van der Waals surface area contributed by atoms with Crippen molar-refractivity contribution >= 4 is 39.1 Å². The summed E-state index contributed by atoms with van der Waals surface area (Å²) < 4.78 is 110. The zero-order valence-corrected chi connectivity index (χ0v) is 22.6. The van der Waals surface area contributed by atoms with Crippen LogP contribution in [-0.4, -0.2) is 38.4 Å². The Balaban J connectivity index is 2.02. The number of anilines is 2. The molecule has 2 amide bonds. The minimum Gasteiger partial charge on any atom is -0.494 e. The highest BCUT2D eigenvalue weighted by molar-refractivity contribution is 9.10. The highest BCUT2D eigenvalue weighted by atomic mass is 79.9. The van der Waals surface area contributed by atoms with Gasteiger partial charge in [0.25, 0.3) is 11.8 Å². The fraction of sp³-hybridized carbons (Fsp3) is 0.280. The second-order valence-corrected chi connectivity index (χ2v) is 9.16. The zero-order valence-electron chi connectivity index (χ0n) is 21.0. The van der Waals surface area contributed by atoms with Crippen molar-refractivity contribution in [1.82, 2.24) is 0 Å². The average Bonchev–Trinajstić information content (AvgIpc) is 3.30. The molecular weight excluding hydrogens is 621 g/mol. The maximum absolute atomic E-state index is 14.6. The van der Waals surface area contributed by atoms with Crippen LogP contribution in [0.4, 0.5) is 42.1 Å². The Morgan fingerprint density at radius 3 is 1.80 bits per heavy atom. The molecule has 0 fully saturated rings. The number of aryl methyl sites for hydroxylation is 2. The number of alkyl halides is 7. The Kier molecular flexibility index (Phi) is 8.48. The summed E-state index contributed by atoms with van der Waals surface area (Å²) in [6.45, 7) is 2.22. The molecule has 15 heteroatoms. The number of halogens is 8. The number of ether oxygens (including phenoxy) is 2. The van der Waals surface area contributed by atoms with Crippen LogP contribution in [0.3, 0.4) is 0 Å². The smallest absolute Gasteiger partial charge is 0.435 e. The molecule has 3 aromatic rings. The molecule has 0 spiro atoms. The molecular formula is C25H20BrF7N2O5. The summed E-state index contributed by atoms with van der Waals surface area (Å²) in [5.41, 5.74) is -8.29. The van der Waals surface area contributed by atoms with E-state index < -0.39 is 35.4 Å². The number of hydrogen-bond acceptors (Lipinski definition) is 5. The van der Waals surface area contributed by atoms with Crippen LogP contribution in [0.2, 0.25) is 0 Å². The number of rotatable bonds is 7. The number of benzene rings is 2. The predicted octanol–water partition coefficient (Wildman–Crippen LogP) is 7.47. The molecule has 7 nitrogen and oxygen atoms in total. The van der Waals surface area contributed by atoms with Crippen LogP contribution < -0.4 is 20.1 Å². The summed E-state index contributed by atoms with van der Waals surface area (Å²) in [4.78, 5) is 25.9. The first-order valence-electron chi connectivity index (χ1n) is 11.0. The highest BCUT2D eigenvalue weighted by Crippen LogP contribution is 2.54. The van der Waals surface area contributed by atoms with Gasteiger partial charge in [-0.05, 0) is 65.2 Å². The number of carbonyl (C=O) groups excluding carboxylic acids is 2. The number of methoxy groups -OCH3 is 2. The minimum absolute atomic E-state index is 0.0727. The lowest BCUT2D eigenvalue weighted by molar-refractivity contribution is -0.348. The van der Waals surface area contributed by atoms with Gasteiger partial charge in [-0.3, -0.25) is 9.59 Å². The van der Waals surface area contributed by atoms with Crippen molar-refractivity contribution in [3.63, 3.8) is 0 Å². The van der Waals surface area contributed by atoms with Crippen LogP contribution in [0, 0.1) is 13.8 Å². The first-order valence-corrected chi connectivity index (χ1v) is 11.8. The van der Waals surface area contributed by atoms with Crippen molar-refractivity contribution in [1.29, 1.82) is 0 Å². The van der Waals surface area contributed by atoms with Crippen molar-refractivity contribution in [2.45, 2.75) is 31.9 Å². The van der Waals surface area contributed by atoms with Gasteiger partial charge in [-0.1, -0.05) is 12.1 Å². The molecule has 0 aliphatic carbocycles. The normalized spacial score (nSPS) is 12.2. The average molecular weight is 641 g/mol. The molecule has 0 aliphatic rings. The maximum Gasteiger partial charge on any atom is 0.435 e. The van der Waals surface area contributed by atoms with Crippen LogP contribution >= 0.6 is 15.9 Å². The van der Waals surface area contributed by atoms with Crippen molar-refractivity contribution < 1.29 is 54.2 Å². The molecule has 0 saturated carbocycles. The molecule has 3 rings (SSSR count). The number of nitrogens with one attached hydrogen (secondary N) is 2. The molecule has 2 aromatic carbocycles. The Morgan fingerprint density at radius 1 is 0.800 bits per heavy atom. The molecule has 2 N–H and O–H groups in total. The molecule has 0 aliphatic heterocycles. The lowest BCUT2D eigenvalue weighted by Crippen LogP contribution is -2.50. The monoisotopic (exact) mass is 640 g/mol. The van der Waals surface area contributed by atoms with Crippen molar-refractivity contribution in [3.8, 4) is 11.5 Å². The molecule has 1 aromatic heterocycles. The molecule has 0 atom stereocenters. The van der Waals surface area contributed by atoms with Gasteiger partial charge >= 0.3 is 18.0 Å². The summed E-state index contributed by atoms with van der Waals surface area (Å²) in [5.74, 6) is -1.83. The lowest BCUT2D eigenvalue weighted by atomic mass is 9.90. The van der Waals surface area contributed by atoms with E-state index in [0.29, 0.717) is 12.1 Å². The molecule has 0 radical (unpaired) electrons. The van der Waals surface area contributed by atoms with E-state index in [9.17, 15) is 40.3 Å². The molecule has 216 valence electrons. The molecule has 40 heavy (non-hydrogen) atoms. The Hall–Kier alpha value is -3.75. The van der Waals surface area contributed by atoms with E-state index in [1.165, 1.54) is 38.5 Å². The topological polar surface area (TPSA) is 89.8 Å². The third kappa shape index (κ3) is 5.60. The van der Waals surface area contributed by atoms with Gasteiger partial charge in [-0.2, -0.15) is 26.3 Å². The Labute approximate surface area is 230 Å². The quantitative estimate of drug-likeness (QED) is 0.262. The van der Waals surface area contributed by atoms with Crippen molar-refractivity contribution in [2.24, 2.45) is 0 Å². The van der Waals surface area contributed by atoms with Gasteiger partial charge in [0.1, 0.15) is 11.4 Å². The van der Waals surface area contributed by atoms with E-state index in [4.69, 9.17) is 13.9 Å². The summed E-state index contributed by atoms with van der Waals surface area (Å²) in [5, 5.41) is 4.90. The van der Waals surface area contributed by atoms with Crippen LogP contribution in [-0.2, 0) is 5.67 Å². The summed E-state index contributed by atoms with van der Waals surface area (Å²) in [6, 6.07) is 6.14. The van der Waals surface area contributed by atoms with Gasteiger partial charge < -0.3 is 24.5 Å². The SMILES string of the molecule is COc1ccc(C(=O)Nc2c(C)cc(C(F)(C(F)(F)F)C(F)(F)F)cc2C)c(OC)c1NC(=O)c1ccc(Br)o1. The second-order valence-electron chi connectivity index (χ2n) is 8.37. The van der Waals surface area contributed by atoms with E-state index in [1.54, 1.807) is 0 Å². The van der Waals surface area contributed by atoms with E-state index in [2.05, 4.69) is 26.6 Å². The van der Waals surface area contributed by atoms with Gasteiger partial charge in [0, 0.05) is 11.3 Å². The van der Waals surface area contributed by atoms with E-state index in [-0.39, 0.29) is 50.0 Å². The van der Waals surface area contributed by atoms with Gasteiger partial charge in [0.15, 0.2) is 16.2 Å². The maximum atomic E-state index is 14.6. The standard InChI is InChI=1S/C25H20BrF7N2O5/c1-11-9-13(23(27,24(28,29)30)25(31,32)33)10-12(2)18(11)34-21(36)14-5-6-15(38-3)19(20(14)39-4)35-22(37)16-7-8-17(26)40-16/h5-10H,1-4H3,(H,34,36)(H,35,37). The number of amides is 2. The van der Waals surface area contributed by atoms with Gasteiger partial charge in [-0.15, -0.1) is 0 Å². The van der Waals surface area contributed by atoms with Gasteiger partial charge in [0.2, 0.25) is 0 Å². The lowest BCUT2D eigenvalue weighted by Gasteiger charge is -2.31. The van der Waals surface area contributed by atoms with Crippen LogP contribution in [0.15, 0.2) is 45.5 Å². The van der Waals surface area contributed by atoms with E-state index in [1.807, 2.05) is 0 Å². The zero-order chi connectivity index (χ0) is 30.2. The summed E-state index contributed by atoms with van der Waals surface area (Å²) in [6.07, 6.45) is -12.6. The minimum atomic E-state index is -6.29. The summed E-state index contributed by atoms with van der Waals surface area (Å²) >= 11 is 3.07. The molecule has 0 bridgehead atoms. The van der Waals surface area contributed by atoms with Crippen LogP contribution in [0.1, 0.15) is 37.6 Å². The molecule has 0 saturated heterocycles. The predicted molar refractivity (Wildman–Crippen MR) is 133 cm³/mol. The second kappa shape index (κ2) is 11.0. The van der Waals surface area contributed by atoms with E-state index in [0.717, 1.165) is 13.8 Å². The highest BCUT2D eigenvalue weighted by Gasteiger charge is 2.73. The van der Waals surface area contributed by atoms with E-state index >= 15 is 0 Å². The fourth-order valence-corrected chi connectivity index (χ4v) is 4.19. The largest absolute Gasteiger partial charge is 0.494 e. The van der Waals surface area contributed by atoms with Crippen LogP contribution in [0.5, 0.6) is 11.5 Å². The summed E-state index contributed by atoms with van der Waals surface area (Å²) in [7, 11) is 2.47. The first kappa shape index (κ1) is 30.8. The Bertz CT molecular complexity index is 1410. The fourth-order valence-electron chi connectivity index (χ4n) is 3.88. The number of carbonyl (C=O) groups is 2. The van der Waals surface area contributed by atoms with Gasteiger partial charge in [-0.25, -0.2) is 4.39 Å². The van der Waals surface area contributed by atoms with Crippen molar-refractivity contribution in [3.05, 3.63) is 69.1 Å². The molecule has 0 unspecified atom stereocenters. The Morgan fingerprint density at radius 2 is 1.35 bits per heavy atom. The third-order valence-electron chi connectivity index (χ3n) is 5.77. The van der Waals surface area contributed by atoms with Crippen LogP contribution in [0.25, 0.3) is 0 Å². The number of furan rings is 1. The first-order chi connectivity index (χ1) is 18.5. The molecule has 1 heterocycles.